The molecule has 1 nitrogen and oxygen atoms in total. The third-order valence-corrected chi connectivity index (χ3v) is 4.25. The first-order valence-corrected chi connectivity index (χ1v) is 8.85. The van der Waals surface area contributed by atoms with Crippen LogP contribution in [0.5, 0.6) is 0 Å². The molecule has 1 aliphatic rings. The molecule has 1 heterocycles. The summed E-state index contributed by atoms with van der Waals surface area (Å²) < 4.78 is 6.05. The van der Waals surface area contributed by atoms with Crippen LogP contribution in [0.3, 0.4) is 0 Å². The first-order valence-electron chi connectivity index (χ1n) is 8.85. The van der Waals surface area contributed by atoms with Gasteiger partial charge in [-0.1, -0.05) is 0 Å². The minimum Gasteiger partial charge on any atom is -0.390 e. The maximum atomic E-state index is 6.05. The standard InChI is InChI=1S/C14H14O.2C5H5.2Fe/c1-2-6-11(5-1)13-9-10-14(15-13)12-7-3-4-8-12;2*1-2-4-5-3-1;;/h1-8,13-14H,9-10H2;2*1-5H;;/q-2;2*-1;2*+2. The Bertz CT molecular complexity index is 637. The van der Waals surface area contributed by atoms with Gasteiger partial charge in [-0.15, -0.1) is 11.1 Å². The topological polar surface area (TPSA) is 9.23 Å². The molecule has 27 heavy (non-hydrogen) atoms. The van der Waals surface area contributed by atoms with E-state index in [4.69, 9.17) is 4.74 Å². The largest absolute Gasteiger partial charge is 2.00 e. The Morgan fingerprint density at radius 2 is 0.889 bits per heavy atom. The van der Waals surface area contributed by atoms with Crippen LogP contribution in [0.4, 0.5) is 0 Å². The van der Waals surface area contributed by atoms with Gasteiger partial charge >= 0.3 is 34.1 Å². The van der Waals surface area contributed by atoms with Gasteiger partial charge in [0.15, 0.2) is 0 Å². The number of hydrogen-bond acceptors (Lipinski definition) is 1. The molecule has 0 spiro atoms. The summed E-state index contributed by atoms with van der Waals surface area (Å²) in [7, 11) is 0. The molecule has 0 aromatic heterocycles. The van der Waals surface area contributed by atoms with Crippen molar-refractivity contribution >= 4 is 0 Å². The van der Waals surface area contributed by atoms with E-state index >= 15 is 0 Å². The first-order chi connectivity index (χ1) is 12.4. The van der Waals surface area contributed by atoms with Crippen molar-refractivity contribution < 1.29 is 38.9 Å². The zero-order valence-electron chi connectivity index (χ0n) is 15.1. The normalized spacial score (nSPS) is 17.3. The monoisotopic (exact) mass is 440 g/mol. The van der Waals surface area contributed by atoms with E-state index in [1.807, 2.05) is 60.7 Å². The summed E-state index contributed by atoms with van der Waals surface area (Å²) in [6.45, 7) is 0. The molecule has 4 aromatic rings. The van der Waals surface area contributed by atoms with E-state index in [1.165, 1.54) is 11.1 Å². The molecule has 5 rings (SSSR count). The molecule has 0 amide bonds. The van der Waals surface area contributed by atoms with Gasteiger partial charge in [-0.3, -0.25) is 0 Å². The van der Waals surface area contributed by atoms with E-state index in [0.29, 0.717) is 12.2 Å². The summed E-state index contributed by atoms with van der Waals surface area (Å²) in [6.07, 6.45) is 2.89. The van der Waals surface area contributed by atoms with Crippen molar-refractivity contribution in [3.05, 3.63) is 120 Å². The van der Waals surface area contributed by atoms with Crippen molar-refractivity contribution in [1.82, 2.24) is 0 Å². The van der Waals surface area contributed by atoms with Crippen molar-refractivity contribution in [2.24, 2.45) is 0 Å². The summed E-state index contributed by atoms with van der Waals surface area (Å²) in [5, 5.41) is 0. The first kappa shape index (κ1) is 23.4. The summed E-state index contributed by atoms with van der Waals surface area (Å²) in [5.41, 5.74) is 2.65. The predicted octanol–water partition coefficient (Wildman–Crippen LogP) is 6.52. The van der Waals surface area contributed by atoms with Gasteiger partial charge in [0, 0.05) is 12.2 Å². The Morgan fingerprint density at radius 1 is 0.556 bits per heavy atom. The van der Waals surface area contributed by atoms with Crippen LogP contribution in [-0.2, 0) is 38.9 Å². The Kier molecular flexibility index (Phi) is 11.8. The molecule has 2 unspecified atom stereocenters. The molecule has 0 aliphatic carbocycles. The zero-order chi connectivity index (χ0) is 17.2. The Hall–Kier alpha value is -1.60. The van der Waals surface area contributed by atoms with Crippen LogP contribution in [0, 0.1) is 0 Å². The van der Waals surface area contributed by atoms with Crippen molar-refractivity contribution in [3.63, 3.8) is 0 Å². The van der Waals surface area contributed by atoms with Gasteiger partial charge in [-0.05, 0) is 12.8 Å². The summed E-state index contributed by atoms with van der Waals surface area (Å²) in [6, 6.07) is 36.9. The second kappa shape index (κ2) is 13.5. The molecule has 1 saturated heterocycles. The van der Waals surface area contributed by atoms with Gasteiger partial charge in [0.1, 0.15) is 0 Å². The van der Waals surface area contributed by atoms with Gasteiger partial charge in [0.25, 0.3) is 0 Å². The van der Waals surface area contributed by atoms with Crippen molar-refractivity contribution in [2.75, 3.05) is 0 Å². The Balaban J connectivity index is 0.000000253. The third-order valence-electron chi connectivity index (χ3n) is 4.25. The zero-order valence-corrected chi connectivity index (χ0v) is 17.3. The maximum absolute atomic E-state index is 6.05. The predicted molar refractivity (Wildman–Crippen MR) is 104 cm³/mol. The minimum atomic E-state index is 0. The van der Waals surface area contributed by atoms with Crippen LogP contribution >= 0.6 is 0 Å². The number of ether oxygens (including phenoxy) is 1. The fourth-order valence-electron chi connectivity index (χ4n) is 2.98. The van der Waals surface area contributed by atoms with E-state index < -0.39 is 0 Å². The molecule has 0 radical (unpaired) electrons. The Labute approximate surface area is 183 Å². The average Bonchev–Trinajstić information content (AvgIpc) is 3.51. The number of hydrogen-bond donors (Lipinski definition) is 0. The van der Waals surface area contributed by atoms with Crippen LogP contribution in [0.1, 0.15) is 36.2 Å². The smallest absolute Gasteiger partial charge is 0.390 e. The van der Waals surface area contributed by atoms with Gasteiger partial charge in [-0.2, -0.15) is 60.7 Å². The molecule has 4 aromatic carbocycles. The van der Waals surface area contributed by atoms with Crippen LogP contribution in [0.25, 0.3) is 0 Å². The van der Waals surface area contributed by atoms with E-state index in [0.717, 1.165) is 12.8 Å². The summed E-state index contributed by atoms with van der Waals surface area (Å²) in [4.78, 5) is 0. The molecule has 0 bridgehead atoms. The number of rotatable bonds is 2. The average molecular weight is 440 g/mol. The Morgan fingerprint density at radius 3 is 1.15 bits per heavy atom. The second-order valence-electron chi connectivity index (χ2n) is 6.05. The van der Waals surface area contributed by atoms with Crippen LogP contribution in [-0.4, -0.2) is 0 Å². The van der Waals surface area contributed by atoms with Gasteiger partial charge in [0.2, 0.25) is 0 Å². The van der Waals surface area contributed by atoms with E-state index in [1.54, 1.807) is 0 Å². The van der Waals surface area contributed by atoms with E-state index in [-0.39, 0.29) is 34.1 Å². The van der Waals surface area contributed by atoms with E-state index in [9.17, 15) is 0 Å². The molecule has 2 atom stereocenters. The van der Waals surface area contributed by atoms with Crippen molar-refractivity contribution in [1.29, 1.82) is 0 Å². The molecule has 0 saturated carbocycles. The molecule has 1 aliphatic heterocycles. The molecule has 3 heteroatoms. The quantitative estimate of drug-likeness (QED) is 0.255. The van der Waals surface area contributed by atoms with Crippen molar-refractivity contribution in [2.45, 2.75) is 25.0 Å². The van der Waals surface area contributed by atoms with Gasteiger partial charge in [-0.25, -0.2) is 48.5 Å². The van der Waals surface area contributed by atoms with Crippen molar-refractivity contribution in [3.8, 4) is 0 Å². The minimum absolute atomic E-state index is 0. The third kappa shape index (κ3) is 7.89. The van der Waals surface area contributed by atoms with E-state index in [2.05, 4.69) is 48.5 Å². The van der Waals surface area contributed by atoms with Gasteiger partial charge < -0.3 is 4.74 Å². The molecule has 0 N–H and O–H groups in total. The summed E-state index contributed by atoms with van der Waals surface area (Å²) in [5.74, 6) is 0. The maximum Gasteiger partial charge on any atom is 2.00 e. The molecule has 1 fully saturated rings. The fraction of sp³-hybridized carbons (Fsp3) is 0.167. The molecular formula is C24H24Fe2O. The molecule has 142 valence electrons. The van der Waals surface area contributed by atoms with Crippen LogP contribution in [0.2, 0.25) is 0 Å². The second-order valence-corrected chi connectivity index (χ2v) is 6.05. The SMILES string of the molecule is [Fe+2].[Fe+2].c1cc[c-](C2CCC([c-]3cccc3)O2)c1.c1cc[cH-]c1.c1cc[cH-]c1. The van der Waals surface area contributed by atoms with Gasteiger partial charge in [0.05, 0.1) is 0 Å². The van der Waals surface area contributed by atoms with Crippen LogP contribution in [0.15, 0.2) is 109 Å². The summed E-state index contributed by atoms with van der Waals surface area (Å²) >= 11 is 0. The molecular weight excluding hydrogens is 416 g/mol. The fourth-order valence-corrected chi connectivity index (χ4v) is 2.98. The van der Waals surface area contributed by atoms with Crippen LogP contribution < -0.4 is 0 Å².